The molecule has 3 aliphatic heterocycles. The van der Waals surface area contributed by atoms with Gasteiger partial charge in [0.25, 0.3) is 0 Å². The maximum atomic E-state index is 12.0. The summed E-state index contributed by atoms with van der Waals surface area (Å²) in [6.45, 7) is 5.69. The third-order valence-electron chi connectivity index (χ3n) is 7.10. The number of carbonyl (C=O) groups is 1. The molecule has 0 radical (unpaired) electrons. The van der Waals surface area contributed by atoms with Crippen LogP contribution >= 0.6 is 0 Å². The summed E-state index contributed by atoms with van der Waals surface area (Å²) in [4.78, 5) is 32.1. The number of nitrogens with one attached hydrogen (secondary N) is 1. The lowest BCUT2D eigenvalue weighted by molar-refractivity contribution is 0.122. The third kappa shape index (κ3) is 5.20. The van der Waals surface area contributed by atoms with E-state index in [2.05, 4.69) is 32.2 Å². The lowest BCUT2D eigenvalue weighted by Crippen LogP contribution is -2.43. The maximum Gasteiger partial charge on any atom is 0.415 e. The molecule has 38 heavy (non-hydrogen) atoms. The fourth-order valence-electron chi connectivity index (χ4n) is 5.13. The van der Waals surface area contributed by atoms with Crippen LogP contribution in [0.25, 0.3) is 11.1 Å². The standard InChI is InChI=1S/C27H32N8O3/c28-20-3-2-8-34(18-20)22-15-24(31-23-4-1-5-26(32-23)35-11-14-38-27(35)36)29-17-21(22)19-6-7-25(30-16-19)33-9-12-37-13-10-33/h1,4-7,15-17,20H,2-3,8-14,18,28H2,(H,29,31,32)/t20-/m0/s1. The van der Waals surface area contributed by atoms with E-state index in [1.54, 1.807) is 6.07 Å². The Hall–Kier alpha value is -3.96. The van der Waals surface area contributed by atoms with Crippen LogP contribution in [0.2, 0.25) is 0 Å². The van der Waals surface area contributed by atoms with E-state index in [1.165, 1.54) is 4.90 Å². The first-order chi connectivity index (χ1) is 18.6. The van der Waals surface area contributed by atoms with Gasteiger partial charge >= 0.3 is 6.09 Å². The number of morpholine rings is 1. The van der Waals surface area contributed by atoms with Gasteiger partial charge in [-0.25, -0.2) is 19.7 Å². The van der Waals surface area contributed by atoms with Gasteiger partial charge in [-0.15, -0.1) is 0 Å². The van der Waals surface area contributed by atoms with Gasteiger partial charge in [0.05, 0.1) is 19.8 Å². The Bertz CT molecular complexity index is 1280. The number of nitrogens with two attached hydrogens (primary N) is 1. The number of piperidine rings is 1. The van der Waals surface area contributed by atoms with E-state index >= 15 is 0 Å². The van der Waals surface area contributed by atoms with Crippen molar-refractivity contribution in [3.63, 3.8) is 0 Å². The molecule has 0 aliphatic carbocycles. The number of anilines is 5. The van der Waals surface area contributed by atoms with Crippen LogP contribution < -0.4 is 25.8 Å². The van der Waals surface area contributed by atoms with Crippen molar-refractivity contribution in [2.45, 2.75) is 18.9 Å². The van der Waals surface area contributed by atoms with Crippen LogP contribution in [0.1, 0.15) is 12.8 Å². The molecule has 0 saturated carbocycles. The predicted octanol–water partition coefficient (Wildman–Crippen LogP) is 3.00. The molecule has 198 valence electrons. The number of pyridine rings is 3. The minimum absolute atomic E-state index is 0.126. The first kappa shape index (κ1) is 24.4. The fourth-order valence-corrected chi connectivity index (χ4v) is 5.13. The Morgan fingerprint density at radius 3 is 2.58 bits per heavy atom. The molecule has 11 heteroatoms. The minimum Gasteiger partial charge on any atom is -0.447 e. The number of rotatable bonds is 6. The molecule has 3 N–H and O–H groups in total. The molecule has 3 aromatic rings. The van der Waals surface area contributed by atoms with Gasteiger partial charge in [-0.3, -0.25) is 4.90 Å². The molecule has 0 aromatic carbocycles. The van der Waals surface area contributed by atoms with Crippen molar-refractivity contribution >= 4 is 35.1 Å². The molecule has 3 aliphatic rings. The molecule has 11 nitrogen and oxygen atoms in total. The Labute approximate surface area is 221 Å². The van der Waals surface area contributed by atoms with E-state index in [1.807, 2.05) is 30.6 Å². The molecule has 0 spiro atoms. The zero-order chi connectivity index (χ0) is 25.9. The quantitative estimate of drug-likeness (QED) is 0.506. The predicted molar refractivity (Wildman–Crippen MR) is 146 cm³/mol. The SMILES string of the molecule is N[C@H]1CCCN(c2cc(Nc3cccc(N4CCOC4=O)n3)ncc2-c2ccc(N3CCOCC3)nc2)C1. The lowest BCUT2D eigenvalue weighted by Gasteiger charge is -2.34. The van der Waals surface area contributed by atoms with Gasteiger partial charge in [-0.05, 0) is 37.1 Å². The third-order valence-corrected chi connectivity index (χ3v) is 7.10. The van der Waals surface area contributed by atoms with Crippen molar-refractivity contribution < 1.29 is 14.3 Å². The summed E-state index contributed by atoms with van der Waals surface area (Å²) in [5.41, 5.74) is 9.41. The topological polar surface area (TPSA) is 122 Å². The Morgan fingerprint density at radius 2 is 1.82 bits per heavy atom. The van der Waals surface area contributed by atoms with E-state index in [0.29, 0.717) is 30.6 Å². The monoisotopic (exact) mass is 516 g/mol. The van der Waals surface area contributed by atoms with Gasteiger partial charge in [0.1, 0.15) is 29.9 Å². The first-order valence-electron chi connectivity index (χ1n) is 13.1. The molecular weight excluding hydrogens is 484 g/mol. The van der Waals surface area contributed by atoms with Crippen molar-refractivity contribution in [1.82, 2.24) is 15.0 Å². The summed E-state index contributed by atoms with van der Waals surface area (Å²) in [7, 11) is 0. The number of amides is 1. The molecule has 3 fully saturated rings. The summed E-state index contributed by atoms with van der Waals surface area (Å²) in [5.74, 6) is 2.76. The molecule has 3 aromatic heterocycles. The number of hydrogen-bond donors (Lipinski definition) is 2. The highest BCUT2D eigenvalue weighted by atomic mass is 16.6. The largest absolute Gasteiger partial charge is 0.447 e. The van der Waals surface area contributed by atoms with Gasteiger partial charge in [0.2, 0.25) is 0 Å². The number of carbonyl (C=O) groups excluding carboxylic acids is 1. The van der Waals surface area contributed by atoms with E-state index in [9.17, 15) is 4.79 Å². The number of hydrogen-bond acceptors (Lipinski definition) is 10. The number of cyclic esters (lactones) is 1. The number of aromatic nitrogens is 3. The smallest absolute Gasteiger partial charge is 0.415 e. The number of ether oxygens (including phenoxy) is 2. The number of nitrogens with zero attached hydrogens (tertiary/aromatic N) is 6. The highest BCUT2D eigenvalue weighted by Crippen LogP contribution is 2.35. The fraction of sp³-hybridized carbons (Fsp3) is 0.407. The normalized spacial score (nSPS) is 20.0. The van der Waals surface area contributed by atoms with Crippen molar-refractivity contribution in [3.05, 3.63) is 48.8 Å². The van der Waals surface area contributed by atoms with Gasteiger partial charge in [0.15, 0.2) is 0 Å². The summed E-state index contributed by atoms with van der Waals surface area (Å²) >= 11 is 0. The average molecular weight is 517 g/mol. The van der Waals surface area contributed by atoms with Crippen LogP contribution in [0.4, 0.5) is 33.8 Å². The zero-order valence-corrected chi connectivity index (χ0v) is 21.3. The summed E-state index contributed by atoms with van der Waals surface area (Å²) in [6.07, 6.45) is 5.48. The second-order valence-electron chi connectivity index (χ2n) is 9.71. The van der Waals surface area contributed by atoms with E-state index in [4.69, 9.17) is 25.2 Å². The molecule has 6 rings (SSSR count). The Kier molecular flexibility index (Phi) is 6.93. The molecule has 6 heterocycles. The molecule has 1 atom stereocenters. The molecule has 0 unspecified atom stereocenters. The van der Waals surface area contributed by atoms with Crippen LogP contribution in [0.5, 0.6) is 0 Å². The van der Waals surface area contributed by atoms with Crippen LogP contribution in [0, 0.1) is 0 Å². The van der Waals surface area contributed by atoms with Crippen molar-refractivity contribution in [2.24, 2.45) is 5.73 Å². The van der Waals surface area contributed by atoms with Gasteiger partial charge < -0.3 is 30.3 Å². The van der Waals surface area contributed by atoms with Crippen LogP contribution in [-0.2, 0) is 9.47 Å². The second kappa shape index (κ2) is 10.8. The van der Waals surface area contributed by atoms with Crippen molar-refractivity contribution in [2.75, 3.05) is 72.6 Å². The van der Waals surface area contributed by atoms with Gasteiger partial charge in [-0.2, -0.15) is 0 Å². The summed E-state index contributed by atoms with van der Waals surface area (Å²) < 4.78 is 10.5. The highest BCUT2D eigenvalue weighted by Gasteiger charge is 2.25. The van der Waals surface area contributed by atoms with Crippen LogP contribution in [-0.4, -0.2) is 79.6 Å². The molecule has 3 saturated heterocycles. The van der Waals surface area contributed by atoms with E-state index in [0.717, 1.165) is 74.9 Å². The highest BCUT2D eigenvalue weighted by molar-refractivity contribution is 5.88. The minimum atomic E-state index is -0.380. The van der Waals surface area contributed by atoms with E-state index in [-0.39, 0.29) is 12.1 Å². The molecule has 0 bridgehead atoms. The second-order valence-corrected chi connectivity index (χ2v) is 9.71. The molecular formula is C27H32N8O3. The summed E-state index contributed by atoms with van der Waals surface area (Å²) in [6, 6.07) is 11.8. The van der Waals surface area contributed by atoms with Crippen LogP contribution in [0.15, 0.2) is 48.8 Å². The van der Waals surface area contributed by atoms with Crippen molar-refractivity contribution in [1.29, 1.82) is 0 Å². The van der Waals surface area contributed by atoms with Gasteiger partial charge in [0, 0.05) is 67.5 Å². The first-order valence-corrected chi connectivity index (χ1v) is 13.1. The Balaban J connectivity index is 1.29. The van der Waals surface area contributed by atoms with Crippen molar-refractivity contribution in [3.8, 4) is 11.1 Å². The lowest BCUT2D eigenvalue weighted by atomic mass is 10.0. The average Bonchev–Trinajstić information content (AvgIpc) is 3.39. The maximum absolute atomic E-state index is 12.0. The van der Waals surface area contributed by atoms with E-state index < -0.39 is 0 Å². The summed E-state index contributed by atoms with van der Waals surface area (Å²) in [5, 5.41) is 3.31. The Morgan fingerprint density at radius 1 is 0.921 bits per heavy atom. The van der Waals surface area contributed by atoms with Gasteiger partial charge in [-0.1, -0.05) is 6.07 Å². The van der Waals surface area contributed by atoms with Crippen LogP contribution in [0.3, 0.4) is 0 Å². The molecule has 1 amide bonds. The zero-order valence-electron chi connectivity index (χ0n) is 21.3.